The minimum atomic E-state index is -0.402. The van der Waals surface area contributed by atoms with Crippen LogP contribution in [0.4, 0.5) is 0 Å². The molecule has 0 saturated carbocycles. The topological polar surface area (TPSA) is 32.3 Å². The van der Waals surface area contributed by atoms with Crippen molar-refractivity contribution in [2.45, 2.75) is 56.2 Å². The minimum Gasteiger partial charge on any atom is -0.390 e. The maximum atomic E-state index is 10.6. The van der Waals surface area contributed by atoms with E-state index in [1.165, 1.54) is 17.7 Å². The zero-order chi connectivity index (χ0) is 11.0. The van der Waals surface area contributed by atoms with E-state index in [0.29, 0.717) is 12.1 Å². The van der Waals surface area contributed by atoms with Crippen LogP contribution < -0.4 is 5.32 Å². The molecular weight excluding hydrogens is 218 g/mol. The van der Waals surface area contributed by atoms with Crippen molar-refractivity contribution in [1.82, 2.24) is 5.32 Å². The Morgan fingerprint density at radius 2 is 2.12 bits per heavy atom. The summed E-state index contributed by atoms with van der Waals surface area (Å²) in [5, 5.41) is 16.3. The lowest BCUT2D eigenvalue weighted by molar-refractivity contribution is -0.0134. The molecule has 0 aromatic carbocycles. The van der Waals surface area contributed by atoms with Gasteiger partial charge in [-0.1, -0.05) is 6.07 Å². The van der Waals surface area contributed by atoms with Crippen molar-refractivity contribution in [3.8, 4) is 0 Å². The third-order valence-corrected chi connectivity index (χ3v) is 4.94. The first-order chi connectivity index (χ1) is 7.73. The second-order valence-electron chi connectivity index (χ2n) is 5.35. The number of fused-ring (bicyclic) bond motifs is 2. The Morgan fingerprint density at radius 1 is 1.38 bits per heavy atom. The smallest absolute Gasteiger partial charge is 0.0680 e. The number of aliphatic hydroxyl groups is 1. The molecular formula is C13H19NOS. The Balaban J connectivity index is 1.61. The molecule has 0 amide bonds. The zero-order valence-electron chi connectivity index (χ0n) is 9.48. The Kier molecular flexibility index (Phi) is 2.78. The number of hydrogen-bond donors (Lipinski definition) is 2. The monoisotopic (exact) mass is 237 g/mol. The molecule has 0 aliphatic carbocycles. The summed E-state index contributed by atoms with van der Waals surface area (Å²) < 4.78 is 0. The highest BCUT2D eigenvalue weighted by Crippen LogP contribution is 2.36. The lowest BCUT2D eigenvalue weighted by Gasteiger charge is -2.37. The molecule has 2 saturated heterocycles. The van der Waals surface area contributed by atoms with E-state index in [0.717, 1.165) is 25.7 Å². The van der Waals surface area contributed by atoms with Crippen LogP contribution in [0.15, 0.2) is 17.5 Å². The van der Waals surface area contributed by atoms with Crippen molar-refractivity contribution >= 4 is 11.3 Å². The van der Waals surface area contributed by atoms with Crippen LogP contribution in [0.25, 0.3) is 0 Å². The predicted molar refractivity (Wildman–Crippen MR) is 66.8 cm³/mol. The van der Waals surface area contributed by atoms with Gasteiger partial charge in [0, 0.05) is 17.0 Å². The predicted octanol–water partition coefficient (Wildman–Crippen LogP) is 2.33. The SMILES string of the molecule is OC1(CCc2cccs2)CC2CCC(C1)N2. The third kappa shape index (κ3) is 2.17. The second kappa shape index (κ2) is 4.13. The fourth-order valence-corrected chi connectivity index (χ4v) is 3.95. The molecule has 2 bridgehead atoms. The summed E-state index contributed by atoms with van der Waals surface area (Å²) in [4.78, 5) is 1.40. The van der Waals surface area contributed by atoms with Crippen molar-refractivity contribution in [3.63, 3.8) is 0 Å². The van der Waals surface area contributed by atoms with Crippen molar-refractivity contribution < 1.29 is 5.11 Å². The number of nitrogens with one attached hydrogen (secondary N) is 1. The van der Waals surface area contributed by atoms with E-state index in [4.69, 9.17) is 0 Å². The van der Waals surface area contributed by atoms with E-state index in [1.807, 2.05) is 0 Å². The molecule has 2 unspecified atom stereocenters. The maximum Gasteiger partial charge on any atom is 0.0680 e. The largest absolute Gasteiger partial charge is 0.390 e. The van der Waals surface area contributed by atoms with Gasteiger partial charge in [-0.25, -0.2) is 0 Å². The molecule has 3 rings (SSSR count). The maximum absolute atomic E-state index is 10.6. The first-order valence-corrected chi connectivity index (χ1v) is 7.12. The van der Waals surface area contributed by atoms with E-state index in [2.05, 4.69) is 22.8 Å². The molecule has 88 valence electrons. The van der Waals surface area contributed by atoms with Gasteiger partial charge in [-0.15, -0.1) is 11.3 Å². The average Bonchev–Trinajstić information content (AvgIpc) is 2.86. The highest BCUT2D eigenvalue weighted by atomic mass is 32.1. The first-order valence-electron chi connectivity index (χ1n) is 6.24. The van der Waals surface area contributed by atoms with Crippen molar-refractivity contribution in [2.24, 2.45) is 0 Å². The van der Waals surface area contributed by atoms with E-state index < -0.39 is 5.60 Å². The number of aryl methyl sites for hydroxylation is 1. The normalized spacial score (nSPS) is 37.8. The van der Waals surface area contributed by atoms with Crippen LogP contribution in [0.1, 0.15) is 37.0 Å². The number of thiophene rings is 1. The number of rotatable bonds is 3. The lowest BCUT2D eigenvalue weighted by Crippen LogP contribution is -2.48. The first kappa shape index (κ1) is 10.8. The molecule has 2 aliphatic heterocycles. The van der Waals surface area contributed by atoms with Gasteiger partial charge in [-0.05, 0) is 50.0 Å². The molecule has 2 fully saturated rings. The Hall–Kier alpha value is -0.380. The van der Waals surface area contributed by atoms with Gasteiger partial charge in [-0.3, -0.25) is 0 Å². The van der Waals surface area contributed by atoms with Crippen molar-refractivity contribution in [1.29, 1.82) is 0 Å². The van der Waals surface area contributed by atoms with Gasteiger partial charge in [0.15, 0.2) is 0 Å². The summed E-state index contributed by atoms with van der Waals surface area (Å²) in [5.41, 5.74) is -0.402. The lowest BCUT2D eigenvalue weighted by atomic mass is 9.83. The van der Waals surface area contributed by atoms with Gasteiger partial charge in [0.05, 0.1) is 5.60 Å². The van der Waals surface area contributed by atoms with Crippen molar-refractivity contribution in [3.05, 3.63) is 22.4 Å². The highest BCUT2D eigenvalue weighted by molar-refractivity contribution is 7.09. The molecule has 3 heterocycles. The second-order valence-corrected chi connectivity index (χ2v) is 6.38. The van der Waals surface area contributed by atoms with Gasteiger partial charge in [0.2, 0.25) is 0 Å². The van der Waals surface area contributed by atoms with E-state index in [-0.39, 0.29) is 0 Å². The van der Waals surface area contributed by atoms with E-state index >= 15 is 0 Å². The quantitative estimate of drug-likeness (QED) is 0.845. The molecule has 0 radical (unpaired) electrons. The van der Waals surface area contributed by atoms with Crippen LogP contribution in [0.2, 0.25) is 0 Å². The fourth-order valence-electron chi connectivity index (χ4n) is 3.24. The van der Waals surface area contributed by atoms with Crippen LogP contribution >= 0.6 is 11.3 Å². The summed E-state index contributed by atoms with van der Waals surface area (Å²) in [5.74, 6) is 0. The van der Waals surface area contributed by atoms with Crippen LogP contribution in [0, 0.1) is 0 Å². The molecule has 1 aromatic heterocycles. The van der Waals surface area contributed by atoms with E-state index in [9.17, 15) is 5.11 Å². The summed E-state index contributed by atoms with van der Waals surface area (Å²) >= 11 is 1.80. The molecule has 2 aliphatic rings. The molecule has 16 heavy (non-hydrogen) atoms. The van der Waals surface area contributed by atoms with Gasteiger partial charge in [0.25, 0.3) is 0 Å². The van der Waals surface area contributed by atoms with Crippen LogP contribution in [0.5, 0.6) is 0 Å². The van der Waals surface area contributed by atoms with Gasteiger partial charge in [0.1, 0.15) is 0 Å². The fraction of sp³-hybridized carbons (Fsp3) is 0.692. The van der Waals surface area contributed by atoms with Gasteiger partial charge < -0.3 is 10.4 Å². The van der Waals surface area contributed by atoms with Crippen molar-refractivity contribution in [2.75, 3.05) is 0 Å². The number of hydrogen-bond acceptors (Lipinski definition) is 3. The molecule has 0 spiro atoms. The molecule has 2 nitrogen and oxygen atoms in total. The summed E-state index contributed by atoms with van der Waals surface area (Å²) in [7, 11) is 0. The Labute approximate surface area is 101 Å². The zero-order valence-corrected chi connectivity index (χ0v) is 10.3. The summed E-state index contributed by atoms with van der Waals surface area (Å²) in [6.07, 6.45) is 6.39. The minimum absolute atomic E-state index is 0.402. The molecule has 2 atom stereocenters. The van der Waals surface area contributed by atoms with Crippen LogP contribution in [-0.2, 0) is 6.42 Å². The standard InChI is InChI=1S/C13H19NOS/c15-13(6-5-12-2-1-7-16-12)8-10-3-4-11(9-13)14-10/h1-2,7,10-11,14-15H,3-6,8-9H2. The van der Waals surface area contributed by atoms with E-state index in [1.54, 1.807) is 11.3 Å². The summed E-state index contributed by atoms with van der Waals surface area (Å²) in [6.45, 7) is 0. The number of piperidine rings is 1. The van der Waals surface area contributed by atoms with Crippen LogP contribution in [0.3, 0.4) is 0 Å². The third-order valence-electron chi connectivity index (χ3n) is 4.00. The average molecular weight is 237 g/mol. The highest BCUT2D eigenvalue weighted by Gasteiger charge is 2.41. The molecule has 2 N–H and O–H groups in total. The Bertz CT molecular complexity index is 337. The van der Waals surface area contributed by atoms with Gasteiger partial charge >= 0.3 is 0 Å². The van der Waals surface area contributed by atoms with Crippen LogP contribution in [-0.4, -0.2) is 22.8 Å². The molecule has 1 aromatic rings. The Morgan fingerprint density at radius 3 is 2.75 bits per heavy atom. The molecule has 3 heteroatoms. The van der Waals surface area contributed by atoms with Gasteiger partial charge in [-0.2, -0.15) is 0 Å². The summed E-state index contributed by atoms with van der Waals surface area (Å²) in [6, 6.07) is 5.42.